The molecule has 0 unspecified atom stereocenters. The Balaban J connectivity index is 1.52. The van der Waals surface area contributed by atoms with E-state index in [4.69, 9.17) is 0 Å². The number of fused-ring (bicyclic) bond motifs is 1. The molecule has 33 heavy (non-hydrogen) atoms. The van der Waals surface area contributed by atoms with Gasteiger partial charge in [-0.15, -0.1) is 11.3 Å². The number of benzene rings is 1. The number of pyridine rings is 1. The van der Waals surface area contributed by atoms with Crippen molar-refractivity contribution in [2.45, 2.75) is 31.7 Å². The summed E-state index contributed by atoms with van der Waals surface area (Å²) in [6.07, 6.45) is 7.21. The average molecular weight is 461 g/mol. The second-order valence-corrected chi connectivity index (χ2v) is 10.0. The van der Waals surface area contributed by atoms with Gasteiger partial charge in [-0.05, 0) is 86.8 Å². The summed E-state index contributed by atoms with van der Waals surface area (Å²) in [7, 11) is 4.07. The molecular weight excluding hydrogens is 432 g/mol. The molecule has 7 heteroatoms. The Kier molecular flexibility index (Phi) is 6.00. The quantitative estimate of drug-likeness (QED) is 0.450. The molecule has 1 N–H and O–H groups in total. The number of amides is 1. The molecule has 3 aromatic rings. The van der Waals surface area contributed by atoms with Gasteiger partial charge in [0.05, 0.1) is 10.6 Å². The van der Waals surface area contributed by atoms with Gasteiger partial charge in [-0.25, -0.2) is 0 Å². The molecule has 3 heterocycles. The van der Waals surface area contributed by atoms with Gasteiger partial charge in [0.15, 0.2) is 0 Å². The summed E-state index contributed by atoms with van der Waals surface area (Å²) >= 11 is 1.56. The van der Waals surface area contributed by atoms with E-state index in [1.165, 1.54) is 5.56 Å². The van der Waals surface area contributed by atoms with Crippen molar-refractivity contribution in [3.8, 4) is 21.6 Å². The Hall–Kier alpha value is -3.03. The summed E-state index contributed by atoms with van der Waals surface area (Å²) in [5, 5.41) is 12.7. The van der Waals surface area contributed by atoms with E-state index in [9.17, 15) is 10.0 Å². The average Bonchev–Trinajstić information content (AvgIpc) is 3.48. The van der Waals surface area contributed by atoms with E-state index in [0.717, 1.165) is 76.5 Å². The van der Waals surface area contributed by atoms with Gasteiger partial charge in [0.2, 0.25) is 0 Å². The van der Waals surface area contributed by atoms with Crippen LogP contribution < -0.4 is 0 Å². The highest BCUT2D eigenvalue weighted by Crippen LogP contribution is 2.41. The van der Waals surface area contributed by atoms with Gasteiger partial charge in [-0.3, -0.25) is 9.78 Å². The second kappa shape index (κ2) is 9.08. The zero-order chi connectivity index (χ0) is 22.9. The largest absolute Gasteiger partial charge is 0.411 e. The van der Waals surface area contributed by atoms with E-state index >= 15 is 0 Å². The minimum Gasteiger partial charge on any atom is -0.411 e. The number of thiophene rings is 1. The monoisotopic (exact) mass is 460 g/mol. The van der Waals surface area contributed by atoms with E-state index in [0.29, 0.717) is 0 Å². The maximum absolute atomic E-state index is 13.5. The fourth-order valence-electron chi connectivity index (χ4n) is 4.89. The molecule has 0 atom stereocenters. The van der Waals surface area contributed by atoms with Crippen molar-refractivity contribution in [3.63, 3.8) is 0 Å². The lowest BCUT2D eigenvalue weighted by Crippen LogP contribution is -2.44. The minimum absolute atomic E-state index is 0.0898. The number of likely N-dealkylation sites (tertiary alicyclic amines) is 1. The molecule has 2 aliphatic rings. The van der Waals surface area contributed by atoms with Crippen molar-refractivity contribution in [1.29, 1.82) is 0 Å². The Morgan fingerprint density at radius 2 is 1.85 bits per heavy atom. The normalized spacial score (nSPS) is 17.9. The van der Waals surface area contributed by atoms with E-state index in [-0.39, 0.29) is 11.9 Å². The Morgan fingerprint density at radius 3 is 2.58 bits per heavy atom. The van der Waals surface area contributed by atoms with E-state index in [1.54, 1.807) is 23.7 Å². The number of carbonyl (C=O) groups excluding carboxylic acids is 1. The summed E-state index contributed by atoms with van der Waals surface area (Å²) in [5.41, 5.74) is 6.14. The predicted molar refractivity (Wildman–Crippen MR) is 132 cm³/mol. The maximum atomic E-state index is 13.5. The van der Waals surface area contributed by atoms with Gasteiger partial charge >= 0.3 is 0 Å². The molecular formula is C26H28N4O2S. The SMILES string of the molecule is CN1CCC(N(C)C(=O)c2cc(-c3ccncc3)c(-c3ccc4c(c3)CC/C4=N/O)s2)CC1. The zero-order valence-electron chi connectivity index (χ0n) is 19.0. The smallest absolute Gasteiger partial charge is 0.263 e. The van der Waals surface area contributed by atoms with Gasteiger partial charge < -0.3 is 15.0 Å². The van der Waals surface area contributed by atoms with Gasteiger partial charge in [0.25, 0.3) is 5.91 Å². The highest BCUT2D eigenvalue weighted by molar-refractivity contribution is 7.18. The summed E-state index contributed by atoms with van der Waals surface area (Å²) < 4.78 is 0. The van der Waals surface area contributed by atoms with Crippen LogP contribution in [0.4, 0.5) is 0 Å². The molecule has 1 aliphatic heterocycles. The van der Waals surface area contributed by atoms with Crippen molar-refractivity contribution in [2.24, 2.45) is 5.16 Å². The van der Waals surface area contributed by atoms with Gasteiger partial charge in [-0.1, -0.05) is 17.3 Å². The van der Waals surface area contributed by atoms with Crippen LogP contribution in [-0.2, 0) is 6.42 Å². The van der Waals surface area contributed by atoms with Crippen LogP contribution in [0.15, 0.2) is 53.9 Å². The standard InChI is InChI=1S/C26H28N4O2S/c1-29-13-9-20(10-14-29)30(2)26(31)24-16-22(17-7-11-27-12-8-17)25(33-24)19-3-5-21-18(15-19)4-6-23(21)28-32/h3,5,7-8,11-12,15-16,20,32H,4,6,9-10,13-14H2,1-2H3/b28-23-. The van der Waals surface area contributed by atoms with Crippen molar-refractivity contribution in [2.75, 3.05) is 27.2 Å². The fraction of sp³-hybridized carbons (Fsp3) is 0.346. The Bertz CT molecular complexity index is 1200. The Labute approximate surface area is 198 Å². The molecule has 170 valence electrons. The lowest BCUT2D eigenvalue weighted by molar-refractivity contribution is 0.0664. The Morgan fingerprint density at radius 1 is 1.09 bits per heavy atom. The lowest BCUT2D eigenvalue weighted by atomic mass is 10.00. The summed E-state index contributed by atoms with van der Waals surface area (Å²) in [6, 6.07) is 12.6. The molecule has 1 aliphatic carbocycles. The highest BCUT2D eigenvalue weighted by Gasteiger charge is 2.27. The first kappa shape index (κ1) is 21.8. The number of nitrogens with zero attached hydrogens (tertiary/aromatic N) is 4. The van der Waals surface area contributed by atoms with Crippen LogP contribution in [0.3, 0.4) is 0 Å². The van der Waals surface area contributed by atoms with Crippen LogP contribution in [0.1, 0.15) is 40.1 Å². The number of carbonyl (C=O) groups is 1. The summed E-state index contributed by atoms with van der Waals surface area (Å²) in [6.45, 7) is 2.04. The van der Waals surface area contributed by atoms with Gasteiger partial charge in [0, 0.05) is 41.5 Å². The molecule has 1 saturated heterocycles. The summed E-state index contributed by atoms with van der Waals surface area (Å²) in [5.74, 6) is 0.0898. The third-order valence-electron chi connectivity index (χ3n) is 6.92. The minimum atomic E-state index is 0.0898. The predicted octanol–water partition coefficient (Wildman–Crippen LogP) is 4.77. The number of oxime groups is 1. The summed E-state index contributed by atoms with van der Waals surface area (Å²) in [4.78, 5) is 23.8. The van der Waals surface area contributed by atoms with Gasteiger partial charge in [-0.2, -0.15) is 0 Å². The number of aromatic nitrogens is 1. The van der Waals surface area contributed by atoms with Crippen LogP contribution in [0.2, 0.25) is 0 Å². The first-order valence-electron chi connectivity index (χ1n) is 11.4. The molecule has 5 rings (SSSR count). The number of hydrogen-bond acceptors (Lipinski definition) is 6. The van der Waals surface area contributed by atoms with E-state index in [2.05, 4.69) is 34.2 Å². The second-order valence-electron chi connectivity index (χ2n) is 8.96. The van der Waals surface area contributed by atoms with Crippen LogP contribution in [0.25, 0.3) is 21.6 Å². The molecule has 0 radical (unpaired) electrons. The molecule has 6 nitrogen and oxygen atoms in total. The van der Waals surface area contributed by atoms with Crippen LogP contribution in [0, 0.1) is 0 Å². The maximum Gasteiger partial charge on any atom is 0.263 e. The number of rotatable bonds is 4. The molecule has 1 fully saturated rings. The first-order chi connectivity index (χ1) is 16.0. The zero-order valence-corrected chi connectivity index (χ0v) is 19.8. The molecule has 1 aromatic carbocycles. The molecule has 0 saturated carbocycles. The van der Waals surface area contributed by atoms with Crippen molar-refractivity contribution in [3.05, 3.63) is 64.8 Å². The number of hydrogen-bond donors (Lipinski definition) is 1. The molecule has 1 amide bonds. The van der Waals surface area contributed by atoms with E-state index < -0.39 is 0 Å². The van der Waals surface area contributed by atoms with Crippen molar-refractivity contribution in [1.82, 2.24) is 14.8 Å². The van der Waals surface area contributed by atoms with Crippen molar-refractivity contribution >= 4 is 23.0 Å². The number of piperidine rings is 1. The highest BCUT2D eigenvalue weighted by atomic mass is 32.1. The lowest BCUT2D eigenvalue weighted by Gasteiger charge is -2.34. The number of aryl methyl sites for hydroxylation is 1. The molecule has 2 aromatic heterocycles. The third kappa shape index (κ3) is 4.18. The first-order valence-corrected chi connectivity index (χ1v) is 12.2. The van der Waals surface area contributed by atoms with E-state index in [1.807, 2.05) is 36.2 Å². The molecule has 0 bridgehead atoms. The topological polar surface area (TPSA) is 69.0 Å². The fourth-order valence-corrected chi connectivity index (χ4v) is 6.05. The van der Waals surface area contributed by atoms with Gasteiger partial charge in [0.1, 0.15) is 0 Å². The van der Waals surface area contributed by atoms with Crippen LogP contribution in [0.5, 0.6) is 0 Å². The van der Waals surface area contributed by atoms with Crippen LogP contribution >= 0.6 is 11.3 Å². The molecule has 0 spiro atoms. The third-order valence-corrected chi connectivity index (χ3v) is 8.09. The van der Waals surface area contributed by atoms with Crippen molar-refractivity contribution < 1.29 is 10.0 Å². The van der Waals surface area contributed by atoms with Crippen LogP contribution in [-0.4, -0.2) is 64.8 Å².